The van der Waals surface area contributed by atoms with Gasteiger partial charge in [-0.1, -0.05) is 12.1 Å². The Morgan fingerprint density at radius 3 is 2.74 bits per heavy atom. The highest BCUT2D eigenvalue weighted by molar-refractivity contribution is 5.81. The second-order valence-corrected chi connectivity index (χ2v) is 4.28. The molecule has 1 heterocycles. The van der Waals surface area contributed by atoms with Gasteiger partial charge in [-0.05, 0) is 30.2 Å². The zero-order valence-electron chi connectivity index (χ0n) is 10.3. The van der Waals surface area contributed by atoms with Gasteiger partial charge in [0.25, 0.3) is 0 Å². The molecule has 0 spiro atoms. The van der Waals surface area contributed by atoms with E-state index >= 15 is 0 Å². The van der Waals surface area contributed by atoms with Crippen LogP contribution in [0.2, 0.25) is 0 Å². The van der Waals surface area contributed by atoms with Gasteiger partial charge >= 0.3 is 0 Å². The molecule has 1 atom stereocenters. The molecule has 0 fully saturated rings. The molecule has 5 N–H and O–H groups in total. The fourth-order valence-electron chi connectivity index (χ4n) is 1.68. The fraction of sp³-hybridized carbons (Fsp3) is 0.231. The maximum Gasteiger partial charge on any atom is 0.237 e. The molecule has 6 nitrogen and oxygen atoms in total. The number of phenolic OH excluding ortho intramolecular Hbond substituents is 1. The number of nitrogens with two attached hydrogens (primary N) is 1. The zero-order chi connectivity index (χ0) is 13.7. The number of nitrogens with one attached hydrogen (secondary N) is 2. The summed E-state index contributed by atoms with van der Waals surface area (Å²) in [5, 5.41) is 18.4. The monoisotopic (exact) mass is 260 g/mol. The van der Waals surface area contributed by atoms with Crippen LogP contribution in [0.1, 0.15) is 11.3 Å². The van der Waals surface area contributed by atoms with E-state index in [-0.39, 0.29) is 11.7 Å². The predicted octanol–water partition coefficient (Wildman–Crippen LogP) is 0.301. The maximum absolute atomic E-state index is 11.8. The molecule has 100 valence electrons. The van der Waals surface area contributed by atoms with E-state index < -0.39 is 6.04 Å². The summed E-state index contributed by atoms with van der Waals surface area (Å²) in [5.74, 6) is -0.0244. The van der Waals surface area contributed by atoms with Crippen molar-refractivity contribution in [2.45, 2.75) is 19.0 Å². The number of aromatic nitrogens is 2. The summed E-state index contributed by atoms with van der Waals surface area (Å²) < 4.78 is 0. The van der Waals surface area contributed by atoms with E-state index in [0.717, 1.165) is 11.3 Å². The normalized spacial score (nSPS) is 12.1. The molecule has 6 heteroatoms. The summed E-state index contributed by atoms with van der Waals surface area (Å²) in [6.45, 7) is 0.377. The molecule has 0 radical (unpaired) electrons. The second kappa shape index (κ2) is 6.01. The molecular formula is C13H16N4O2. The third-order valence-corrected chi connectivity index (χ3v) is 2.74. The molecular weight excluding hydrogens is 244 g/mol. The van der Waals surface area contributed by atoms with Gasteiger partial charge < -0.3 is 16.2 Å². The third-order valence-electron chi connectivity index (χ3n) is 2.74. The number of hydrogen-bond donors (Lipinski definition) is 4. The molecule has 19 heavy (non-hydrogen) atoms. The Balaban J connectivity index is 1.83. The lowest BCUT2D eigenvalue weighted by molar-refractivity contribution is -0.122. The van der Waals surface area contributed by atoms with Crippen LogP contribution in [0.25, 0.3) is 0 Å². The van der Waals surface area contributed by atoms with Crippen molar-refractivity contribution in [2.75, 3.05) is 0 Å². The number of carbonyl (C=O) groups is 1. The van der Waals surface area contributed by atoms with Gasteiger partial charge in [0, 0.05) is 6.20 Å². The average molecular weight is 260 g/mol. The van der Waals surface area contributed by atoms with E-state index in [4.69, 9.17) is 10.8 Å². The van der Waals surface area contributed by atoms with Gasteiger partial charge in [0.15, 0.2) is 0 Å². The molecule has 1 amide bonds. The SMILES string of the molecule is NC(Cc1ccc(O)cc1)C(=O)NCc1ccn[nH]1. The molecule has 0 aliphatic rings. The zero-order valence-corrected chi connectivity index (χ0v) is 10.3. The first kappa shape index (κ1) is 13.1. The van der Waals surface area contributed by atoms with Crippen LogP contribution in [0.3, 0.4) is 0 Å². The molecule has 0 aliphatic carbocycles. The van der Waals surface area contributed by atoms with Gasteiger partial charge in [-0.25, -0.2) is 0 Å². The van der Waals surface area contributed by atoms with Crippen molar-refractivity contribution in [1.29, 1.82) is 0 Å². The van der Waals surface area contributed by atoms with Crippen LogP contribution in [0.4, 0.5) is 0 Å². The summed E-state index contributed by atoms with van der Waals surface area (Å²) in [5.41, 5.74) is 7.56. The summed E-state index contributed by atoms with van der Waals surface area (Å²) in [7, 11) is 0. The number of phenols is 1. The average Bonchev–Trinajstić information content (AvgIpc) is 2.91. The van der Waals surface area contributed by atoms with Crippen molar-refractivity contribution >= 4 is 5.91 Å². The molecule has 2 aromatic rings. The van der Waals surface area contributed by atoms with E-state index in [1.807, 2.05) is 0 Å². The first-order valence-electron chi connectivity index (χ1n) is 5.94. The Hall–Kier alpha value is -2.34. The molecule has 0 saturated heterocycles. The van der Waals surface area contributed by atoms with E-state index in [2.05, 4.69) is 15.5 Å². The summed E-state index contributed by atoms with van der Waals surface area (Å²) in [4.78, 5) is 11.8. The quantitative estimate of drug-likeness (QED) is 0.620. The lowest BCUT2D eigenvalue weighted by Gasteiger charge is -2.11. The number of rotatable bonds is 5. The van der Waals surface area contributed by atoms with Crippen molar-refractivity contribution in [3.05, 3.63) is 47.8 Å². The summed E-state index contributed by atoms with van der Waals surface area (Å²) in [6, 6.07) is 7.81. The summed E-state index contributed by atoms with van der Waals surface area (Å²) >= 11 is 0. The van der Waals surface area contributed by atoms with E-state index in [1.54, 1.807) is 36.5 Å². The van der Waals surface area contributed by atoms with Crippen LogP contribution in [0.15, 0.2) is 36.5 Å². The van der Waals surface area contributed by atoms with Gasteiger partial charge in [-0.3, -0.25) is 9.89 Å². The number of amides is 1. The second-order valence-electron chi connectivity index (χ2n) is 4.28. The lowest BCUT2D eigenvalue weighted by Crippen LogP contribution is -2.41. The smallest absolute Gasteiger partial charge is 0.237 e. The van der Waals surface area contributed by atoms with Crippen molar-refractivity contribution in [2.24, 2.45) is 5.73 Å². The maximum atomic E-state index is 11.8. The number of aromatic hydroxyl groups is 1. The Morgan fingerprint density at radius 2 is 2.11 bits per heavy atom. The predicted molar refractivity (Wildman–Crippen MR) is 70.2 cm³/mol. The first-order valence-corrected chi connectivity index (χ1v) is 5.94. The molecule has 0 bridgehead atoms. The number of nitrogens with zero attached hydrogens (tertiary/aromatic N) is 1. The van der Waals surface area contributed by atoms with Crippen LogP contribution in [0.5, 0.6) is 5.75 Å². The van der Waals surface area contributed by atoms with Gasteiger partial charge in [0.2, 0.25) is 5.91 Å². The molecule has 1 aromatic heterocycles. The number of carbonyl (C=O) groups excluding carboxylic acids is 1. The Kier molecular flexibility index (Phi) is 4.15. The lowest BCUT2D eigenvalue weighted by atomic mass is 10.1. The highest BCUT2D eigenvalue weighted by Crippen LogP contribution is 2.10. The number of H-pyrrole nitrogens is 1. The van der Waals surface area contributed by atoms with Crippen LogP contribution in [-0.4, -0.2) is 27.3 Å². The minimum atomic E-state index is -0.618. The van der Waals surface area contributed by atoms with Crippen molar-refractivity contribution in [3.63, 3.8) is 0 Å². The van der Waals surface area contributed by atoms with Gasteiger partial charge in [-0.15, -0.1) is 0 Å². The number of aromatic amines is 1. The minimum absolute atomic E-state index is 0.195. The highest BCUT2D eigenvalue weighted by atomic mass is 16.3. The van der Waals surface area contributed by atoms with Crippen LogP contribution < -0.4 is 11.1 Å². The molecule has 1 unspecified atom stereocenters. The van der Waals surface area contributed by atoms with Crippen LogP contribution in [-0.2, 0) is 17.8 Å². The topological polar surface area (TPSA) is 104 Å². The highest BCUT2D eigenvalue weighted by Gasteiger charge is 2.13. The molecule has 1 aromatic carbocycles. The molecule has 0 saturated carbocycles. The molecule has 0 aliphatic heterocycles. The van der Waals surface area contributed by atoms with Crippen molar-refractivity contribution < 1.29 is 9.90 Å². The minimum Gasteiger partial charge on any atom is -0.508 e. The van der Waals surface area contributed by atoms with Gasteiger partial charge in [0.05, 0.1) is 18.3 Å². The standard InChI is InChI=1S/C13H16N4O2/c14-12(7-9-1-3-11(18)4-2-9)13(19)15-8-10-5-6-16-17-10/h1-6,12,18H,7-8,14H2,(H,15,19)(H,16,17). The van der Waals surface area contributed by atoms with Crippen LogP contribution >= 0.6 is 0 Å². The number of benzene rings is 1. The Morgan fingerprint density at radius 1 is 1.37 bits per heavy atom. The van der Waals surface area contributed by atoms with Crippen LogP contribution in [0, 0.1) is 0 Å². The van der Waals surface area contributed by atoms with Gasteiger partial charge in [-0.2, -0.15) is 5.10 Å². The molecule has 2 rings (SSSR count). The largest absolute Gasteiger partial charge is 0.508 e. The number of hydrogen-bond acceptors (Lipinski definition) is 4. The third kappa shape index (κ3) is 3.82. The van der Waals surface area contributed by atoms with Crippen molar-refractivity contribution in [1.82, 2.24) is 15.5 Å². The van der Waals surface area contributed by atoms with E-state index in [0.29, 0.717) is 13.0 Å². The fourth-order valence-corrected chi connectivity index (χ4v) is 1.68. The van der Waals surface area contributed by atoms with Crippen molar-refractivity contribution in [3.8, 4) is 5.75 Å². The van der Waals surface area contributed by atoms with E-state index in [9.17, 15) is 4.79 Å². The first-order chi connectivity index (χ1) is 9.15. The van der Waals surface area contributed by atoms with E-state index in [1.165, 1.54) is 0 Å². The Bertz CT molecular complexity index is 522. The Labute approximate surface area is 110 Å². The summed E-state index contributed by atoms with van der Waals surface area (Å²) in [6.07, 6.45) is 2.05. The van der Waals surface area contributed by atoms with Gasteiger partial charge in [0.1, 0.15) is 5.75 Å².